The molecule has 0 radical (unpaired) electrons. The van der Waals surface area contributed by atoms with Crippen LogP contribution in [0, 0.1) is 0 Å². The van der Waals surface area contributed by atoms with E-state index < -0.39 is 5.97 Å². The molecule has 0 aliphatic carbocycles. The molecule has 1 rings (SSSR count). The Morgan fingerprint density at radius 3 is 2.64 bits per heavy atom. The van der Waals surface area contributed by atoms with Crippen LogP contribution in [0.25, 0.3) is 0 Å². The lowest BCUT2D eigenvalue weighted by molar-refractivity contribution is -0.135. The smallest absolute Gasteiger partial charge is 0.318 e. The third-order valence-electron chi connectivity index (χ3n) is 1.36. The average molecular weight is 215 g/mol. The van der Waals surface area contributed by atoms with Gasteiger partial charge in [-0.2, -0.15) is 0 Å². The normalized spacial score (nSPS) is 10.0. The molecule has 0 fully saturated rings. The van der Waals surface area contributed by atoms with Gasteiger partial charge in [-0.1, -0.05) is 0 Å². The number of phenolic OH excluding ortho intramolecular Hbond substituents is 2. The van der Waals surface area contributed by atoms with E-state index in [-0.39, 0.29) is 18.0 Å². The fourth-order valence-corrected chi connectivity index (χ4v) is 1.42. The van der Waals surface area contributed by atoms with Crippen molar-refractivity contribution in [1.82, 2.24) is 4.72 Å². The first-order valence-electron chi connectivity index (χ1n) is 3.73. The SMILES string of the molecule is O=C(O)CNSc1ccc(O)c(O)c1. The van der Waals surface area contributed by atoms with Gasteiger partial charge in [0.05, 0.1) is 0 Å². The molecular weight excluding hydrogens is 206 g/mol. The van der Waals surface area contributed by atoms with Crippen LogP contribution in [0.1, 0.15) is 0 Å². The Balaban J connectivity index is 2.51. The lowest BCUT2D eigenvalue weighted by Gasteiger charge is -2.02. The van der Waals surface area contributed by atoms with Crippen LogP contribution in [0.2, 0.25) is 0 Å². The Hall–Kier alpha value is -1.40. The van der Waals surface area contributed by atoms with Gasteiger partial charge in [-0.05, 0) is 30.1 Å². The summed E-state index contributed by atoms with van der Waals surface area (Å²) in [7, 11) is 0. The van der Waals surface area contributed by atoms with Gasteiger partial charge in [0.15, 0.2) is 11.5 Å². The van der Waals surface area contributed by atoms with E-state index in [0.29, 0.717) is 4.90 Å². The molecule has 14 heavy (non-hydrogen) atoms. The summed E-state index contributed by atoms with van der Waals surface area (Å²) in [5.74, 6) is -1.39. The van der Waals surface area contributed by atoms with Gasteiger partial charge < -0.3 is 15.3 Å². The quantitative estimate of drug-likeness (QED) is 0.438. The van der Waals surface area contributed by atoms with Gasteiger partial charge in [0.25, 0.3) is 0 Å². The highest BCUT2D eigenvalue weighted by Crippen LogP contribution is 2.28. The summed E-state index contributed by atoms with van der Waals surface area (Å²) >= 11 is 1.07. The van der Waals surface area contributed by atoms with E-state index in [1.165, 1.54) is 12.1 Å². The monoisotopic (exact) mass is 215 g/mol. The standard InChI is InChI=1S/C8H9NO4S/c10-6-2-1-5(3-7(6)11)14-9-4-8(12)13/h1-3,9-11H,4H2,(H,12,13). The number of carbonyl (C=O) groups is 1. The minimum Gasteiger partial charge on any atom is -0.504 e. The molecule has 1 aromatic rings. The first-order valence-corrected chi connectivity index (χ1v) is 4.54. The molecule has 0 aliphatic rings. The van der Waals surface area contributed by atoms with Crippen LogP contribution >= 0.6 is 11.9 Å². The Labute approximate surface area is 84.5 Å². The van der Waals surface area contributed by atoms with Gasteiger partial charge in [0.1, 0.15) is 6.54 Å². The highest BCUT2D eigenvalue weighted by atomic mass is 32.2. The van der Waals surface area contributed by atoms with Gasteiger partial charge in [-0.3, -0.25) is 4.79 Å². The second-order valence-electron chi connectivity index (χ2n) is 2.47. The predicted octanol–water partition coefficient (Wildman–Crippen LogP) is 0.779. The number of aliphatic carboxylic acids is 1. The van der Waals surface area contributed by atoms with Crippen LogP contribution in [0.4, 0.5) is 0 Å². The van der Waals surface area contributed by atoms with Crippen LogP contribution in [0.5, 0.6) is 11.5 Å². The van der Waals surface area contributed by atoms with Crippen molar-refractivity contribution in [3.8, 4) is 11.5 Å². The maximum Gasteiger partial charge on any atom is 0.318 e. The van der Waals surface area contributed by atoms with Crippen LogP contribution in [-0.2, 0) is 4.79 Å². The molecule has 6 heteroatoms. The number of rotatable bonds is 4. The molecule has 0 saturated carbocycles. The highest BCUT2D eigenvalue weighted by Gasteiger charge is 2.01. The first-order chi connectivity index (χ1) is 6.59. The van der Waals surface area contributed by atoms with Crippen molar-refractivity contribution in [3.05, 3.63) is 18.2 Å². The molecule has 0 unspecified atom stereocenters. The summed E-state index contributed by atoms with van der Waals surface area (Å²) in [5, 5.41) is 26.4. The van der Waals surface area contributed by atoms with Crippen LogP contribution in [-0.4, -0.2) is 27.8 Å². The van der Waals surface area contributed by atoms with Crippen molar-refractivity contribution >= 4 is 17.9 Å². The van der Waals surface area contributed by atoms with E-state index in [1.54, 1.807) is 6.07 Å². The minimum absolute atomic E-state index is 0.174. The first kappa shape index (κ1) is 10.7. The van der Waals surface area contributed by atoms with Gasteiger partial charge in [-0.15, -0.1) is 0 Å². The number of hydrogen-bond acceptors (Lipinski definition) is 5. The second-order valence-corrected chi connectivity index (χ2v) is 3.43. The Kier molecular flexibility index (Phi) is 3.61. The summed E-state index contributed by atoms with van der Waals surface area (Å²) in [6, 6.07) is 4.24. The summed E-state index contributed by atoms with van der Waals surface area (Å²) in [6.45, 7) is -0.174. The molecule has 0 saturated heterocycles. The van der Waals surface area contributed by atoms with Crippen molar-refractivity contribution in [3.63, 3.8) is 0 Å². The maximum atomic E-state index is 10.1. The summed E-state index contributed by atoms with van der Waals surface area (Å²) < 4.78 is 2.57. The Morgan fingerprint density at radius 1 is 1.36 bits per heavy atom. The lowest BCUT2D eigenvalue weighted by atomic mass is 10.3. The van der Waals surface area contributed by atoms with E-state index in [2.05, 4.69) is 4.72 Å². The molecule has 0 aliphatic heterocycles. The zero-order valence-electron chi connectivity index (χ0n) is 7.10. The van der Waals surface area contributed by atoms with Crippen LogP contribution in [0.15, 0.2) is 23.1 Å². The summed E-state index contributed by atoms with van der Waals surface area (Å²) in [4.78, 5) is 10.8. The molecule has 4 N–H and O–H groups in total. The van der Waals surface area contributed by atoms with Crippen molar-refractivity contribution in [1.29, 1.82) is 0 Å². The van der Waals surface area contributed by atoms with E-state index in [4.69, 9.17) is 15.3 Å². The number of carboxylic acids is 1. The van der Waals surface area contributed by atoms with Gasteiger partial charge in [0.2, 0.25) is 0 Å². The van der Waals surface area contributed by atoms with Crippen LogP contribution in [0.3, 0.4) is 0 Å². The summed E-state index contributed by atoms with van der Waals surface area (Å²) in [6.07, 6.45) is 0. The zero-order valence-corrected chi connectivity index (χ0v) is 7.91. The van der Waals surface area contributed by atoms with E-state index in [0.717, 1.165) is 11.9 Å². The molecule has 0 spiro atoms. The van der Waals surface area contributed by atoms with Crippen molar-refractivity contribution in [2.45, 2.75) is 4.90 Å². The van der Waals surface area contributed by atoms with Gasteiger partial charge in [-0.25, -0.2) is 4.72 Å². The van der Waals surface area contributed by atoms with E-state index in [1.807, 2.05) is 0 Å². The number of phenols is 2. The van der Waals surface area contributed by atoms with Crippen molar-refractivity contribution in [2.75, 3.05) is 6.54 Å². The molecule has 76 valence electrons. The number of nitrogens with one attached hydrogen (secondary N) is 1. The number of aromatic hydroxyl groups is 2. The fourth-order valence-electron chi connectivity index (χ4n) is 0.748. The largest absolute Gasteiger partial charge is 0.504 e. The second kappa shape index (κ2) is 4.73. The van der Waals surface area contributed by atoms with E-state index >= 15 is 0 Å². The number of carboxylic acid groups (broad SMARTS) is 1. The molecule has 5 nitrogen and oxygen atoms in total. The topological polar surface area (TPSA) is 89.8 Å². The van der Waals surface area contributed by atoms with E-state index in [9.17, 15) is 4.79 Å². The number of hydrogen-bond donors (Lipinski definition) is 4. The van der Waals surface area contributed by atoms with Crippen molar-refractivity contribution < 1.29 is 20.1 Å². The third kappa shape index (κ3) is 3.15. The fraction of sp³-hybridized carbons (Fsp3) is 0.125. The predicted molar refractivity (Wildman–Crippen MR) is 51.3 cm³/mol. The third-order valence-corrected chi connectivity index (χ3v) is 2.14. The molecule has 0 atom stereocenters. The minimum atomic E-state index is -0.958. The average Bonchev–Trinajstić information content (AvgIpc) is 2.10. The van der Waals surface area contributed by atoms with Crippen LogP contribution < -0.4 is 4.72 Å². The van der Waals surface area contributed by atoms with Gasteiger partial charge in [0, 0.05) is 4.90 Å². The molecule has 1 aromatic carbocycles. The maximum absolute atomic E-state index is 10.1. The molecular formula is C8H9NO4S. The molecule has 0 aromatic heterocycles. The van der Waals surface area contributed by atoms with Crippen molar-refractivity contribution in [2.24, 2.45) is 0 Å². The molecule has 0 bridgehead atoms. The van der Waals surface area contributed by atoms with Gasteiger partial charge >= 0.3 is 5.97 Å². The number of benzene rings is 1. The highest BCUT2D eigenvalue weighted by molar-refractivity contribution is 7.97. The lowest BCUT2D eigenvalue weighted by Crippen LogP contribution is -2.15. The Bertz CT molecular complexity index is 342. The Morgan fingerprint density at radius 2 is 2.07 bits per heavy atom. The summed E-state index contributed by atoms with van der Waals surface area (Å²) in [5.41, 5.74) is 0. The molecule has 0 amide bonds. The zero-order chi connectivity index (χ0) is 10.6. The molecule has 0 heterocycles.